The molecule has 0 aliphatic heterocycles. The normalized spacial score (nSPS) is 12.1. The summed E-state index contributed by atoms with van der Waals surface area (Å²) < 4.78 is -1.88. The highest BCUT2D eigenvalue weighted by Gasteiger charge is 2.35. The fourth-order valence-corrected chi connectivity index (χ4v) is 3.48. The number of rotatable bonds is 5. The van der Waals surface area contributed by atoms with Gasteiger partial charge in [-0.1, -0.05) is 71.2 Å². The van der Waals surface area contributed by atoms with Crippen LogP contribution >= 0.6 is 47.0 Å². The van der Waals surface area contributed by atoms with Gasteiger partial charge in [-0.2, -0.15) is 0 Å². The summed E-state index contributed by atoms with van der Waals surface area (Å²) in [6.45, 7) is 1.48. The van der Waals surface area contributed by atoms with E-state index in [1.807, 2.05) is 30.3 Å². The van der Waals surface area contributed by atoms with Gasteiger partial charge >= 0.3 is 0 Å². The summed E-state index contributed by atoms with van der Waals surface area (Å²) in [6.07, 6.45) is -1.11. The zero-order chi connectivity index (χ0) is 22.6. The van der Waals surface area contributed by atoms with Crippen molar-refractivity contribution in [3.8, 4) is 0 Å². The number of alkyl halides is 3. The lowest BCUT2D eigenvalue weighted by Gasteiger charge is -2.28. The number of halogens is 3. The summed E-state index contributed by atoms with van der Waals surface area (Å²) in [5.74, 6) is -0.464. The van der Waals surface area contributed by atoms with Crippen molar-refractivity contribution in [2.24, 2.45) is 0 Å². The van der Waals surface area contributed by atoms with Crippen LogP contribution in [0, 0.1) is 0 Å². The average molecular weight is 495 g/mol. The molecular weight excluding hydrogens is 477 g/mol. The van der Waals surface area contributed by atoms with Crippen LogP contribution in [0.15, 0.2) is 66.7 Å². The summed E-state index contributed by atoms with van der Waals surface area (Å²) >= 11 is 23.5. The molecule has 0 saturated carbocycles. The number of benzene rings is 3. The topological polar surface area (TPSA) is 70.2 Å². The third-order valence-electron chi connectivity index (χ3n) is 4.46. The van der Waals surface area contributed by atoms with Crippen LogP contribution in [0.1, 0.15) is 27.6 Å². The summed E-state index contributed by atoms with van der Waals surface area (Å²) in [6, 6.07) is 19.6. The van der Waals surface area contributed by atoms with Gasteiger partial charge in [0.25, 0.3) is 5.91 Å². The van der Waals surface area contributed by atoms with Crippen LogP contribution in [0.2, 0.25) is 0 Å². The van der Waals surface area contributed by atoms with Crippen molar-refractivity contribution in [1.82, 2.24) is 10.6 Å². The Bertz CT molecular complexity index is 1130. The van der Waals surface area contributed by atoms with Crippen molar-refractivity contribution in [3.05, 3.63) is 77.9 Å². The number of carbonyl (C=O) groups excluding carboxylic acids is 2. The molecule has 0 aliphatic rings. The van der Waals surface area contributed by atoms with Crippen molar-refractivity contribution < 1.29 is 9.59 Å². The Morgan fingerprint density at radius 3 is 2.19 bits per heavy atom. The molecule has 1 amide bonds. The largest absolute Gasteiger partial charge is 0.339 e. The molecule has 5 nitrogen and oxygen atoms in total. The zero-order valence-corrected chi connectivity index (χ0v) is 19.4. The number of ketones is 1. The van der Waals surface area contributed by atoms with Gasteiger partial charge in [-0.3, -0.25) is 9.59 Å². The lowest BCUT2D eigenvalue weighted by molar-refractivity contribution is 0.0935. The molecule has 3 rings (SSSR count). The maximum atomic E-state index is 12.9. The molecule has 0 spiro atoms. The fourth-order valence-electron chi connectivity index (χ4n) is 2.92. The van der Waals surface area contributed by atoms with Gasteiger partial charge in [0.1, 0.15) is 6.17 Å². The molecule has 31 heavy (non-hydrogen) atoms. The Morgan fingerprint density at radius 2 is 1.55 bits per heavy atom. The lowest BCUT2D eigenvalue weighted by atomic mass is 10.0. The van der Waals surface area contributed by atoms with Crippen molar-refractivity contribution in [2.45, 2.75) is 16.9 Å². The van der Waals surface area contributed by atoms with Gasteiger partial charge in [0.2, 0.25) is 3.79 Å². The van der Waals surface area contributed by atoms with Gasteiger partial charge in [0.15, 0.2) is 10.9 Å². The number of Topliss-reactive ketones (excluding diaryl/α,β-unsaturated/α-hetero) is 1. The SMILES string of the molecule is CC(=O)c1ccc(NC(=S)N[C@H](NC(=O)c2cccc3ccccc23)C(Cl)(Cl)Cl)cc1. The van der Waals surface area contributed by atoms with Crippen LogP contribution < -0.4 is 16.0 Å². The molecule has 9 heteroatoms. The highest BCUT2D eigenvalue weighted by Crippen LogP contribution is 2.30. The summed E-state index contributed by atoms with van der Waals surface area (Å²) in [4.78, 5) is 24.3. The van der Waals surface area contributed by atoms with E-state index in [9.17, 15) is 9.59 Å². The molecule has 1 atom stereocenters. The van der Waals surface area contributed by atoms with Crippen LogP contribution in [-0.2, 0) is 0 Å². The van der Waals surface area contributed by atoms with Crippen LogP contribution in [0.5, 0.6) is 0 Å². The van der Waals surface area contributed by atoms with E-state index in [4.69, 9.17) is 47.0 Å². The second-order valence-electron chi connectivity index (χ2n) is 6.71. The fraction of sp³-hybridized carbons (Fsp3) is 0.136. The average Bonchev–Trinajstić information content (AvgIpc) is 2.72. The molecule has 3 N–H and O–H groups in total. The quantitative estimate of drug-likeness (QED) is 0.190. The maximum absolute atomic E-state index is 12.9. The van der Waals surface area contributed by atoms with Gasteiger partial charge in [0.05, 0.1) is 0 Å². The van der Waals surface area contributed by atoms with E-state index in [0.717, 1.165) is 10.8 Å². The second-order valence-corrected chi connectivity index (χ2v) is 9.48. The Kier molecular flexibility index (Phi) is 7.38. The minimum atomic E-state index is -1.88. The Hall–Kier alpha value is -2.38. The van der Waals surface area contributed by atoms with Crippen molar-refractivity contribution in [3.63, 3.8) is 0 Å². The molecule has 0 radical (unpaired) electrons. The predicted molar refractivity (Wildman–Crippen MR) is 131 cm³/mol. The number of nitrogens with one attached hydrogen (secondary N) is 3. The minimum Gasteiger partial charge on any atom is -0.339 e. The number of amides is 1. The van der Waals surface area contributed by atoms with Crippen LogP contribution in [0.25, 0.3) is 10.8 Å². The molecule has 0 saturated heterocycles. The Balaban J connectivity index is 1.73. The Labute approximate surface area is 200 Å². The van der Waals surface area contributed by atoms with Crippen LogP contribution in [-0.4, -0.2) is 26.8 Å². The van der Waals surface area contributed by atoms with Crippen LogP contribution in [0.4, 0.5) is 5.69 Å². The van der Waals surface area contributed by atoms with E-state index < -0.39 is 15.9 Å². The molecule has 0 heterocycles. The molecule has 160 valence electrons. The first-order valence-electron chi connectivity index (χ1n) is 9.19. The second kappa shape index (κ2) is 9.83. The van der Waals surface area contributed by atoms with Gasteiger partial charge in [-0.05, 0) is 60.2 Å². The van der Waals surface area contributed by atoms with E-state index in [1.165, 1.54) is 6.92 Å². The van der Waals surface area contributed by atoms with Crippen molar-refractivity contribution in [2.75, 3.05) is 5.32 Å². The highest BCUT2D eigenvalue weighted by atomic mass is 35.6. The van der Waals surface area contributed by atoms with Crippen molar-refractivity contribution >= 4 is 80.3 Å². The smallest absolute Gasteiger partial charge is 0.253 e. The van der Waals surface area contributed by atoms with Crippen LogP contribution in [0.3, 0.4) is 0 Å². The monoisotopic (exact) mass is 493 g/mol. The molecule has 0 aliphatic carbocycles. The minimum absolute atomic E-state index is 0.0420. The molecule has 0 bridgehead atoms. The number of hydrogen-bond donors (Lipinski definition) is 3. The lowest BCUT2D eigenvalue weighted by Crippen LogP contribution is -2.56. The predicted octanol–water partition coefficient (Wildman–Crippen LogP) is 5.46. The molecule has 0 unspecified atom stereocenters. The van der Waals surface area contributed by atoms with Gasteiger partial charge in [0, 0.05) is 16.8 Å². The summed E-state index contributed by atoms with van der Waals surface area (Å²) in [7, 11) is 0. The van der Waals surface area contributed by atoms with Crippen molar-refractivity contribution in [1.29, 1.82) is 0 Å². The maximum Gasteiger partial charge on any atom is 0.253 e. The third-order valence-corrected chi connectivity index (χ3v) is 5.34. The van der Waals surface area contributed by atoms with Gasteiger partial charge in [-0.25, -0.2) is 0 Å². The third kappa shape index (κ3) is 6.08. The number of carbonyl (C=O) groups is 2. The standard InChI is InChI=1S/C22H18Cl3N3O2S/c1-13(29)14-9-11-16(12-10-14)26-21(31)28-20(22(23,24)25)27-19(30)18-8-4-6-15-5-2-3-7-17(15)18/h2-12,20H,1H3,(H,27,30)(H2,26,28,31)/t20-/m0/s1. The van der Waals surface area contributed by atoms with E-state index in [2.05, 4.69) is 16.0 Å². The number of thiocarbonyl (C=S) groups is 1. The molecule has 3 aromatic rings. The van der Waals surface area contributed by atoms with E-state index in [1.54, 1.807) is 36.4 Å². The molecule has 0 fully saturated rings. The molecule has 3 aromatic carbocycles. The van der Waals surface area contributed by atoms with E-state index in [0.29, 0.717) is 16.8 Å². The summed E-state index contributed by atoms with van der Waals surface area (Å²) in [5.41, 5.74) is 1.65. The van der Waals surface area contributed by atoms with E-state index >= 15 is 0 Å². The zero-order valence-electron chi connectivity index (χ0n) is 16.3. The summed E-state index contributed by atoms with van der Waals surface area (Å²) in [5, 5.41) is 10.3. The molecule has 0 aromatic heterocycles. The molecular formula is C22H18Cl3N3O2S. The Morgan fingerprint density at radius 1 is 0.903 bits per heavy atom. The number of hydrogen-bond acceptors (Lipinski definition) is 3. The van der Waals surface area contributed by atoms with E-state index in [-0.39, 0.29) is 10.9 Å². The first-order chi connectivity index (χ1) is 14.6. The number of fused-ring (bicyclic) bond motifs is 1. The number of anilines is 1. The highest BCUT2D eigenvalue weighted by molar-refractivity contribution is 7.80. The van der Waals surface area contributed by atoms with Gasteiger partial charge < -0.3 is 16.0 Å². The first-order valence-corrected chi connectivity index (χ1v) is 10.7. The first kappa shape index (κ1) is 23.3. The van der Waals surface area contributed by atoms with Gasteiger partial charge in [-0.15, -0.1) is 0 Å².